The second kappa shape index (κ2) is 6.37. The van der Waals surface area contributed by atoms with E-state index in [4.69, 9.17) is 9.47 Å². The molecule has 1 N–H and O–H groups in total. The van der Waals surface area contributed by atoms with Crippen LogP contribution in [0.15, 0.2) is 30.3 Å². The van der Waals surface area contributed by atoms with Crippen LogP contribution in [0, 0.1) is 5.82 Å². The number of para-hydroxylation sites is 1. The van der Waals surface area contributed by atoms with E-state index in [1.165, 1.54) is 6.07 Å². The van der Waals surface area contributed by atoms with E-state index in [9.17, 15) is 9.18 Å². The smallest absolute Gasteiger partial charge is 0.270 e. The Morgan fingerprint density at radius 3 is 3.09 bits per heavy atom. The summed E-state index contributed by atoms with van der Waals surface area (Å²) in [5.74, 6) is -0.797. The minimum absolute atomic E-state index is 0.161. The van der Waals surface area contributed by atoms with Crippen molar-refractivity contribution in [2.45, 2.75) is 19.1 Å². The van der Waals surface area contributed by atoms with Gasteiger partial charge < -0.3 is 14.8 Å². The molecule has 2 unspecified atom stereocenters. The molecule has 1 aromatic heterocycles. The van der Waals surface area contributed by atoms with Crippen molar-refractivity contribution in [3.63, 3.8) is 0 Å². The number of hydrogen-bond acceptors (Lipinski definition) is 4. The van der Waals surface area contributed by atoms with Gasteiger partial charge in [0.1, 0.15) is 23.1 Å². The van der Waals surface area contributed by atoms with Gasteiger partial charge in [0.05, 0.1) is 19.3 Å². The van der Waals surface area contributed by atoms with Crippen molar-refractivity contribution in [1.29, 1.82) is 0 Å². The van der Waals surface area contributed by atoms with Gasteiger partial charge in [-0.3, -0.25) is 4.79 Å². The Balaban J connectivity index is 1.79. The fourth-order valence-electron chi connectivity index (χ4n) is 2.53. The van der Waals surface area contributed by atoms with Crippen LogP contribution >= 0.6 is 0 Å². The van der Waals surface area contributed by atoms with Crippen LogP contribution in [-0.4, -0.2) is 42.9 Å². The molecule has 2 aromatic rings. The van der Waals surface area contributed by atoms with Gasteiger partial charge >= 0.3 is 0 Å². The monoisotopic (exact) mass is 304 g/mol. The van der Waals surface area contributed by atoms with Crippen molar-refractivity contribution in [3.8, 4) is 0 Å². The summed E-state index contributed by atoms with van der Waals surface area (Å²) in [6.07, 6.45) is -0.161. The minimum Gasteiger partial charge on any atom is -0.376 e. The summed E-state index contributed by atoms with van der Waals surface area (Å²) in [7, 11) is 0. The molecule has 1 saturated heterocycles. The molecule has 1 aliphatic heterocycles. The fourth-order valence-corrected chi connectivity index (χ4v) is 2.53. The third kappa shape index (κ3) is 2.93. The van der Waals surface area contributed by atoms with Crippen LogP contribution < -0.4 is 5.32 Å². The number of amides is 1. The number of pyridine rings is 1. The van der Waals surface area contributed by atoms with E-state index in [-0.39, 0.29) is 29.3 Å². The Hall–Kier alpha value is -2.05. The van der Waals surface area contributed by atoms with E-state index >= 15 is 0 Å². The Morgan fingerprint density at radius 1 is 1.41 bits per heavy atom. The number of ether oxygens (including phenoxy) is 2. The zero-order chi connectivity index (χ0) is 15.5. The van der Waals surface area contributed by atoms with Gasteiger partial charge in [-0.1, -0.05) is 18.2 Å². The highest BCUT2D eigenvalue weighted by Gasteiger charge is 2.30. The molecule has 0 radical (unpaired) electrons. The lowest BCUT2D eigenvalue weighted by molar-refractivity contribution is 0.0402. The summed E-state index contributed by atoms with van der Waals surface area (Å²) in [5, 5.41) is 3.50. The maximum absolute atomic E-state index is 13.8. The number of nitrogens with one attached hydrogen (secondary N) is 1. The standard InChI is InChI=1S/C16H17FN2O3/c1-2-22-14-9-21-8-13(14)19-16(20)12-7-6-10-4-3-5-11(17)15(10)18-12/h3-7,13-14H,2,8-9H2,1H3,(H,19,20). The van der Waals surface area contributed by atoms with Gasteiger partial charge in [-0.25, -0.2) is 9.37 Å². The maximum Gasteiger partial charge on any atom is 0.270 e. The quantitative estimate of drug-likeness (QED) is 0.937. The number of carbonyl (C=O) groups is 1. The summed E-state index contributed by atoms with van der Waals surface area (Å²) < 4.78 is 24.6. The normalized spacial score (nSPS) is 21.2. The van der Waals surface area contributed by atoms with Gasteiger partial charge in [0.15, 0.2) is 0 Å². The van der Waals surface area contributed by atoms with Crippen molar-refractivity contribution in [2.24, 2.45) is 0 Å². The van der Waals surface area contributed by atoms with E-state index in [0.29, 0.717) is 25.2 Å². The third-order valence-electron chi connectivity index (χ3n) is 3.63. The lowest BCUT2D eigenvalue weighted by Crippen LogP contribution is -2.44. The molecule has 0 spiro atoms. The van der Waals surface area contributed by atoms with Gasteiger partial charge in [0.25, 0.3) is 5.91 Å². The summed E-state index contributed by atoms with van der Waals surface area (Å²) in [6, 6.07) is 7.75. The SMILES string of the molecule is CCOC1COCC1NC(=O)c1ccc2cccc(F)c2n1. The molecule has 0 saturated carbocycles. The highest BCUT2D eigenvalue weighted by molar-refractivity contribution is 5.95. The molecule has 0 bridgehead atoms. The molecule has 0 aliphatic carbocycles. The third-order valence-corrected chi connectivity index (χ3v) is 3.63. The van der Waals surface area contributed by atoms with Crippen LogP contribution in [0.2, 0.25) is 0 Å². The van der Waals surface area contributed by atoms with Gasteiger partial charge in [0.2, 0.25) is 0 Å². The summed E-state index contributed by atoms with van der Waals surface area (Å²) in [5.41, 5.74) is 0.374. The van der Waals surface area contributed by atoms with Crippen LogP contribution in [0.5, 0.6) is 0 Å². The molecule has 6 heteroatoms. The topological polar surface area (TPSA) is 60.5 Å². The Morgan fingerprint density at radius 2 is 2.27 bits per heavy atom. The zero-order valence-electron chi connectivity index (χ0n) is 12.2. The Bertz CT molecular complexity index is 692. The molecule has 116 valence electrons. The number of nitrogens with zero attached hydrogens (tertiary/aromatic N) is 1. The molecule has 2 atom stereocenters. The first-order valence-corrected chi connectivity index (χ1v) is 7.24. The van der Waals surface area contributed by atoms with Crippen molar-refractivity contribution >= 4 is 16.8 Å². The second-order valence-electron chi connectivity index (χ2n) is 5.12. The second-order valence-corrected chi connectivity index (χ2v) is 5.12. The van der Waals surface area contributed by atoms with Gasteiger partial charge in [0, 0.05) is 12.0 Å². The Labute approximate surface area is 127 Å². The molecule has 1 fully saturated rings. The number of hydrogen-bond donors (Lipinski definition) is 1. The van der Waals surface area contributed by atoms with Crippen LogP contribution in [0.1, 0.15) is 17.4 Å². The lowest BCUT2D eigenvalue weighted by atomic mass is 10.1. The first kappa shape index (κ1) is 14.9. The van der Waals surface area contributed by atoms with Crippen LogP contribution in [0.25, 0.3) is 10.9 Å². The Kier molecular flexibility index (Phi) is 4.31. The number of fused-ring (bicyclic) bond motifs is 1. The predicted octanol–water partition coefficient (Wildman–Crippen LogP) is 1.91. The maximum atomic E-state index is 13.8. The minimum atomic E-state index is -0.441. The van der Waals surface area contributed by atoms with E-state index in [2.05, 4.69) is 10.3 Å². The molecule has 1 aromatic carbocycles. The molecular weight excluding hydrogens is 287 g/mol. The highest BCUT2D eigenvalue weighted by Crippen LogP contribution is 2.16. The van der Waals surface area contributed by atoms with Gasteiger partial charge in [-0.2, -0.15) is 0 Å². The predicted molar refractivity (Wildman–Crippen MR) is 79.2 cm³/mol. The van der Waals surface area contributed by atoms with Crippen molar-refractivity contribution in [2.75, 3.05) is 19.8 Å². The van der Waals surface area contributed by atoms with Gasteiger partial charge in [-0.15, -0.1) is 0 Å². The van der Waals surface area contributed by atoms with E-state index in [1.807, 2.05) is 6.92 Å². The van der Waals surface area contributed by atoms with E-state index in [0.717, 1.165) is 0 Å². The van der Waals surface area contributed by atoms with Crippen LogP contribution in [0.4, 0.5) is 4.39 Å². The largest absolute Gasteiger partial charge is 0.376 e. The molecule has 5 nitrogen and oxygen atoms in total. The molecule has 22 heavy (non-hydrogen) atoms. The average Bonchev–Trinajstić information content (AvgIpc) is 2.95. The number of benzene rings is 1. The van der Waals surface area contributed by atoms with Crippen LogP contribution in [-0.2, 0) is 9.47 Å². The van der Waals surface area contributed by atoms with Crippen molar-refractivity contribution in [3.05, 3.63) is 41.8 Å². The van der Waals surface area contributed by atoms with Crippen molar-refractivity contribution < 1.29 is 18.7 Å². The number of aromatic nitrogens is 1. The molecule has 2 heterocycles. The first-order chi connectivity index (χ1) is 10.7. The zero-order valence-corrected chi connectivity index (χ0v) is 12.2. The summed E-state index contributed by atoms with van der Waals surface area (Å²) in [6.45, 7) is 3.31. The molecule has 3 rings (SSSR count). The molecule has 1 amide bonds. The number of rotatable bonds is 4. The van der Waals surface area contributed by atoms with E-state index in [1.54, 1.807) is 24.3 Å². The van der Waals surface area contributed by atoms with Crippen molar-refractivity contribution in [1.82, 2.24) is 10.3 Å². The molecular formula is C16H17FN2O3. The average molecular weight is 304 g/mol. The number of carbonyl (C=O) groups excluding carboxylic acids is 1. The first-order valence-electron chi connectivity index (χ1n) is 7.24. The lowest BCUT2D eigenvalue weighted by Gasteiger charge is -2.18. The summed E-state index contributed by atoms with van der Waals surface area (Å²) in [4.78, 5) is 16.4. The summed E-state index contributed by atoms with van der Waals surface area (Å²) >= 11 is 0. The van der Waals surface area contributed by atoms with Crippen LogP contribution in [0.3, 0.4) is 0 Å². The molecule has 1 aliphatic rings. The van der Waals surface area contributed by atoms with Gasteiger partial charge in [-0.05, 0) is 19.1 Å². The highest BCUT2D eigenvalue weighted by atomic mass is 19.1. The van der Waals surface area contributed by atoms with E-state index < -0.39 is 5.82 Å². The fraction of sp³-hybridized carbons (Fsp3) is 0.375. The number of halogens is 1.